The first kappa shape index (κ1) is 24.8. The van der Waals surface area contributed by atoms with Gasteiger partial charge in [0.05, 0.1) is 15.3 Å². The van der Waals surface area contributed by atoms with Crippen molar-refractivity contribution in [2.45, 2.75) is 42.3 Å². The van der Waals surface area contributed by atoms with Gasteiger partial charge in [-0.05, 0) is 31.0 Å². The normalized spacial score (nSPS) is 17.3. The lowest BCUT2D eigenvalue weighted by atomic mass is 9.99. The molecule has 1 aliphatic rings. The first-order valence-corrected chi connectivity index (χ1v) is 11.3. The predicted octanol–water partition coefficient (Wildman–Crippen LogP) is 3.88. The van der Waals surface area contributed by atoms with Gasteiger partial charge in [-0.25, -0.2) is 17.7 Å². The molecule has 1 fully saturated rings. The Labute approximate surface area is 186 Å². The Morgan fingerprint density at radius 1 is 1.30 bits per heavy atom. The Hall–Kier alpha value is -2.88. The van der Waals surface area contributed by atoms with Gasteiger partial charge in [-0.15, -0.1) is 6.42 Å². The van der Waals surface area contributed by atoms with Crippen LogP contribution in [0, 0.1) is 24.0 Å². The molecular formula is C21H20F5N3O3S. The number of hydrogen-bond acceptors (Lipinski definition) is 2. The lowest BCUT2D eigenvalue weighted by Gasteiger charge is -2.33. The van der Waals surface area contributed by atoms with Crippen molar-refractivity contribution in [2.75, 3.05) is 5.32 Å². The monoisotopic (exact) mass is 489 g/mol. The van der Waals surface area contributed by atoms with Gasteiger partial charge in [0.1, 0.15) is 27.5 Å². The molecular weight excluding hydrogens is 469 g/mol. The number of carbonyl (C=O) groups excluding carboxylic acids is 1. The van der Waals surface area contributed by atoms with Crippen LogP contribution in [0.3, 0.4) is 0 Å². The topological polar surface area (TPSA) is 83.4 Å². The molecule has 1 saturated carbocycles. The molecule has 0 spiro atoms. The van der Waals surface area contributed by atoms with Gasteiger partial charge in [-0.2, -0.15) is 13.2 Å². The van der Waals surface area contributed by atoms with Crippen LogP contribution in [0.4, 0.5) is 27.6 Å². The van der Waals surface area contributed by atoms with Gasteiger partial charge in [0, 0.05) is 18.9 Å². The molecule has 1 aliphatic carbocycles. The summed E-state index contributed by atoms with van der Waals surface area (Å²) in [4.78, 5) is 11.8. The molecule has 0 saturated heterocycles. The molecule has 1 amide bonds. The van der Waals surface area contributed by atoms with Gasteiger partial charge in [0.15, 0.2) is 5.82 Å². The second-order valence-corrected chi connectivity index (χ2v) is 9.71. The number of hydrogen-bond donors (Lipinski definition) is 3. The van der Waals surface area contributed by atoms with Crippen molar-refractivity contribution < 1.29 is 36.1 Å². The van der Waals surface area contributed by atoms with E-state index >= 15 is 4.39 Å². The fraction of sp³-hybridized carbons (Fsp3) is 0.333. The fourth-order valence-corrected chi connectivity index (χ4v) is 5.65. The van der Waals surface area contributed by atoms with Gasteiger partial charge >= 0.3 is 6.18 Å². The maximum atomic E-state index is 15.2. The molecule has 0 bridgehead atoms. The van der Waals surface area contributed by atoms with Gasteiger partial charge in [-0.3, -0.25) is 4.79 Å². The van der Waals surface area contributed by atoms with E-state index in [1.54, 1.807) is 0 Å². The first-order valence-electron chi connectivity index (χ1n) is 9.67. The van der Waals surface area contributed by atoms with Crippen LogP contribution >= 0.6 is 0 Å². The Morgan fingerprint density at radius 3 is 2.48 bits per heavy atom. The molecule has 178 valence electrons. The summed E-state index contributed by atoms with van der Waals surface area (Å²) in [7, 11) is -3.06. The number of carbonyl (C=O) groups is 1. The van der Waals surface area contributed by atoms with Crippen molar-refractivity contribution in [3.63, 3.8) is 0 Å². The number of aryl methyl sites for hydroxylation is 1. The van der Waals surface area contributed by atoms with Crippen LogP contribution in [0.2, 0.25) is 0 Å². The molecule has 33 heavy (non-hydrogen) atoms. The number of anilines is 1. The standard InChI is InChI=1S/C21H20F5N3O3S/c1-3-13-10-14(6-7-15(13)22)27-19(31)18-17(23)16(11-29(18)2)33(32,12-30)28-20(21(24,25)26)8-4-5-9-20/h1,6-7,10-12,30H,4-5,8-9H2,2H3,(H,27,31)(H,28,32). The maximum Gasteiger partial charge on any atom is 0.407 e. The summed E-state index contributed by atoms with van der Waals surface area (Å²) >= 11 is 0. The average molecular weight is 489 g/mol. The van der Waals surface area contributed by atoms with E-state index in [1.165, 1.54) is 13.1 Å². The first-order chi connectivity index (χ1) is 15.4. The van der Waals surface area contributed by atoms with E-state index in [0.29, 0.717) is 0 Å². The van der Waals surface area contributed by atoms with E-state index in [1.807, 2.05) is 4.72 Å². The van der Waals surface area contributed by atoms with Crippen molar-refractivity contribution in [1.29, 1.82) is 0 Å². The number of aromatic nitrogens is 1. The molecule has 1 aromatic carbocycles. The predicted molar refractivity (Wildman–Crippen MR) is 113 cm³/mol. The van der Waals surface area contributed by atoms with Crippen LogP contribution in [0.15, 0.2) is 29.3 Å². The second-order valence-electron chi connectivity index (χ2n) is 7.66. The molecule has 1 unspecified atom stereocenters. The van der Waals surface area contributed by atoms with Crippen LogP contribution in [0.5, 0.6) is 0 Å². The zero-order valence-electron chi connectivity index (χ0n) is 17.3. The minimum absolute atomic E-state index is 0.0158. The summed E-state index contributed by atoms with van der Waals surface area (Å²) in [5.74, 6) is -1.07. The van der Waals surface area contributed by atoms with Gasteiger partial charge < -0.3 is 15.0 Å². The highest BCUT2D eigenvalue weighted by Crippen LogP contribution is 2.44. The van der Waals surface area contributed by atoms with Crippen LogP contribution < -0.4 is 10.0 Å². The molecule has 3 N–H and O–H groups in total. The number of aliphatic hydroxyl groups excluding tert-OH is 1. The molecule has 1 atom stereocenters. The number of terminal acetylenes is 1. The molecule has 6 nitrogen and oxygen atoms in total. The summed E-state index contributed by atoms with van der Waals surface area (Å²) in [5.41, 5.74) is -3.38. The molecule has 3 rings (SSSR count). The van der Waals surface area contributed by atoms with Crippen molar-refractivity contribution in [3.8, 4) is 12.3 Å². The van der Waals surface area contributed by atoms with Gasteiger partial charge in [0.2, 0.25) is 0 Å². The zero-order valence-corrected chi connectivity index (χ0v) is 18.1. The molecule has 2 aromatic rings. The molecule has 12 heteroatoms. The number of amides is 1. The number of nitrogens with one attached hydrogen (secondary N) is 2. The lowest BCUT2D eigenvalue weighted by molar-refractivity contribution is -0.188. The number of benzene rings is 1. The summed E-state index contributed by atoms with van der Waals surface area (Å²) in [6, 6.07) is 3.30. The maximum absolute atomic E-state index is 15.2. The number of aliphatic hydroxyl groups is 1. The smallest absolute Gasteiger partial charge is 0.359 e. The van der Waals surface area contributed by atoms with Crippen molar-refractivity contribution in [3.05, 3.63) is 47.3 Å². The second kappa shape index (κ2) is 8.81. The third kappa shape index (κ3) is 4.48. The van der Waals surface area contributed by atoms with E-state index in [4.69, 9.17) is 6.42 Å². The highest BCUT2D eigenvalue weighted by Gasteiger charge is 2.57. The van der Waals surface area contributed by atoms with Crippen LogP contribution in [0.25, 0.3) is 0 Å². The average Bonchev–Trinajstić information content (AvgIpc) is 3.34. The highest BCUT2D eigenvalue weighted by molar-refractivity contribution is 7.99. The molecule has 1 heterocycles. The summed E-state index contributed by atoms with van der Waals surface area (Å²) in [6.07, 6.45) is 0.841. The minimum atomic E-state index is -4.81. The fourth-order valence-electron chi connectivity index (χ4n) is 3.79. The number of rotatable bonds is 5. The Balaban J connectivity index is 1.99. The van der Waals surface area contributed by atoms with Gasteiger partial charge in [0.25, 0.3) is 5.91 Å². The van der Waals surface area contributed by atoms with Crippen molar-refractivity contribution in [2.24, 2.45) is 7.05 Å². The molecule has 1 aromatic heterocycles. The Kier molecular flexibility index (Phi) is 6.61. The number of nitrogens with zero attached hydrogens (tertiary/aromatic N) is 1. The van der Waals surface area contributed by atoms with Crippen molar-refractivity contribution >= 4 is 26.9 Å². The van der Waals surface area contributed by atoms with E-state index < -0.39 is 62.4 Å². The van der Waals surface area contributed by atoms with Crippen LogP contribution in [0.1, 0.15) is 41.7 Å². The largest absolute Gasteiger partial charge is 0.407 e. The van der Waals surface area contributed by atoms with Crippen LogP contribution in [-0.4, -0.2) is 37.1 Å². The van der Waals surface area contributed by atoms with E-state index in [-0.39, 0.29) is 29.6 Å². The Morgan fingerprint density at radius 2 is 1.94 bits per heavy atom. The van der Waals surface area contributed by atoms with E-state index in [0.717, 1.165) is 22.9 Å². The van der Waals surface area contributed by atoms with Crippen molar-refractivity contribution in [1.82, 2.24) is 9.29 Å². The summed E-state index contributed by atoms with van der Waals surface area (Å²) in [5, 5.41) is 11.9. The third-order valence-corrected chi connectivity index (χ3v) is 7.43. The molecule has 0 aliphatic heterocycles. The quantitative estimate of drug-likeness (QED) is 0.339. The SMILES string of the molecule is C#Cc1cc(NC(=O)c2c(F)c(S(=O)(=CO)NC3(C(F)(F)F)CCCC3)cn2C)ccc1F. The van der Waals surface area contributed by atoms with E-state index in [9.17, 15) is 31.7 Å². The Bertz CT molecular complexity index is 1250. The summed E-state index contributed by atoms with van der Waals surface area (Å²) < 4.78 is 86.2. The highest BCUT2D eigenvalue weighted by atomic mass is 32.2. The van der Waals surface area contributed by atoms with Gasteiger partial charge in [-0.1, -0.05) is 18.8 Å². The zero-order chi connectivity index (χ0) is 24.6. The number of halogens is 5. The molecule has 0 radical (unpaired) electrons. The minimum Gasteiger partial charge on any atom is -0.359 e. The number of alkyl halides is 3. The van der Waals surface area contributed by atoms with Crippen LogP contribution in [-0.2, 0) is 16.8 Å². The lowest BCUT2D eigenvalue weighted by Crippen LogP contribution is -2.57. The van der Waals surface area contributed by atoms with E-state index in [2.05, 4.69) is 11.2 Å². The summed E-state index contributed by atoms with van der Waals surface area (Å²) in [6.45, 7) is 0. The third-order valence-electron chi connectivity index (χ3n) is 5.50.